The van der Waals surface area contributed by atoms with E-state index in [0.717, 1.165) is 6.42 Å². The predicted octanol–water partition coefficient (Wildman–Crippen LogP) is 0.325. The van der Waals surface area contributed by atoms with Crippen LogP contribution >= 0.6 is 0 Å². The number of nitrogens with two attached hydrogens (primary N) is 1. The maximum atomic E-state index is 11.7. The monoisotopic (exact) mass is 238 g/mol. The van der Waals surface area contributed by atoms with Crippen LogP contribution in [-0.2, 0) is 11.8 Å². The normalized spacial score (nSPS) is 10.2. The van der Waals surface area contributed by atoms with E-state index < -0.39 is 0 Å². The Balaban J connectivity index is 2.28. The molecular formula is C11H18N4O2. The molecule has 0 atom stereocenters. The molecule has 1 aromatic heterocycles. The van der Waals surface area contributed by atoms with Gasteiger partial charge in [-0.3, -0.25) is 9.48 Å². The number of carbonyl (C=O) groups is 1. The van der Waals surface area contributed by atoms with Crippen LogP contribution in [0.15, 0.2) is 18.9 Å². The Bertz CT molecular complexity index is 367. The smallest absolute Gasteiger partial charge is 0.271 e. The molecule has 0 bridgehead atoms. The molecule has 1 amide bonds. The number of aryl methyl sites for hydroxylation is 1. The van der Waals surface area contributed by atoms with Crippen LogP contribution in [0, 0.1) is 0 Å². The number of hydrogen-bond donors (Lipinski definition) is 2. The average Bonchev–Trinajstić information content (AvgIpc) is 2.63. The molecule has 1 aromatic rings. The second-order valence-electron chi connectivity index (χ2n) is 3.52. The zero-order valence-corrected chi connectivity index (χ0v) is 9.98. The van der Waals surface area contributed by atoms with Crippen molar-refractivity contribution < 1.29 is 9.53 Å². The summed E-state index contributed by atoms with van der Waals surface area (Å²) in [5.74, 6) is -0.241. The van der Waals surface area contributed by atoms with Gasteiger partial charge in [0.1, 0.15) is 5.69 Å². The molecule has 6 nitrogen and oxygen atoms in total. The summed E-state index contributed by atoms with van der Waals surface area (Å²) < 4.78 is 6.71. The van der Waals surface area contributed by atoms with Gasteiger partial charge in [0.25, 0.3) is 5.91 Å². The van der Waals surface area contributed by atoms with Gasteiger partial charge in [-0.25, -0.2) is 0 Å². The molecule has 0 saturated heterocycles. The lowest BCUT2D eigenvalue weighted by atomic mass is 10.3. The highest BCUT2D eigenvalue weighted by atomic mass is 16.5. The van der Waals surface area contributed by atoms with Gasteiger partial charge >= 0.3 is 0 Å². The van der Waals surface area contributed by atoms with Crippen molar-refractivity contribution in [3.05, 3.63) is 24.5 Å². The number of amides is 1. The number of nitrogens with zero attached hydrogens (tertiary/aromatic N) is 2. The first kappa shape index (κ1) is 13.2. The first-order valence-corrected chi connectivity index (χ1v) is 5.41. The maximum Gasteiger partial charge on any atom is 0.271 e. The van der Waals surface area contributed by atoms with Crippen molar-refractivity contribution in [2.75, 3.05) is 25.5 Å². The standard InChI is InChI=1S/C11H18N4O2/c1-3-4-6-17-7-5-13-11(16)10-9(12)8-14-15(10)2/h3,8H,1,4-7,12H2,2H3,(H,13,16). The van der Waals surface area contributed by atoms with Crippen LogP contribution in [0.3, 0.4) is 0 Å². The van der Waals surface area contributed by atoms with E-state index in [4.69, 9.17) is 10.5 Å². The van der Waals surface area contributed by atoms with Crippen LogP contribution < -0.4 is 11.1 Å². The number of rotatable bonds is 7. The molecule has 0 fully saturated rings. The van der Waals surface area contributed by atoms with Crippen LogP contribution in [0.25, 0.3) is 0 Å². The highest BCUT2D eigenvalue weighted by Gasteiger charge is 2.13. The highest BCUT2D eigenvalue weighted by Crippen LogP contribution is 2.08. The van der Waals surface area contributed by atoms with Gasteiger partial charge in [0.2, 0.25) is 0 Å². The molecule has 1 rings (SSSR count). The molecule has 1 heterocycles. The molecule has 0 spiro atoms. The van der Waals surface area contributed by atoms with Gasteiger partial charge in [-0.15, -0.1) is 6.58 Å². The Hall–Kier alpha value is -1.82. The highest BCUT2D eigenvalue weighted by molar-refractivity contribution is 5.97. The molecule has 0 aromatic carbocycles. The van der Waals surface area contributed by atoms with Gasteiger partial charge in [-0.2, -0.15) is 5.10 Å². The van der Waals surface area contributed by atoms with Crippen molar-refractivity contribution in [2.45, 2.75) is 6.42 Å². The van der Waals surface area contributed by atoms with Crippen molar-refractivity contribution >= 4 is 11.6 Å². The zero-order valence-electron chi connectivity index (χ0n) is 9.98. The summed E-state index contributed by atoms with van der Waals surface area (Å²) in [6.45, 7) is 5.12. The Morgan fingerprint density at radius 2 is 2.47 bits per heavy atom. The fraction of sp³-hybridized carbons (Fsp3) is 0.455. The number of aromatic nitrogens is 2. The van der Waals surface area contributed by atoms with Gasteiger partial charge in [-0.1, -0.05) is 6.08 Å². The number of carbonyl (C=O) groups excluding carboxylic acids is 1. The molecule has 0 saturated carbocycles. The summed E-state index contributed by atoms with van der Waals surface area (Å²) in [5, 5.41) is 6.61. The van der Waals surface area contributed by atoms with E-state index in [1.165, 1.54) is 10.9 Å². The fourth-order valence-corrected chi connectivity index (χ4v) is 1.32. The second-order valence-corrected chi connectivity index (χ2v) is 3.52. The van der Waals surface area contributed by atoms with E-state index in [1.807, 2.05) is 0 Å². The Morgan fingerprint density at radius 3 is 3.06 bits per heavy atom. The molecule has 6 heteroatoms. The quantitative estimate of drug-likeness (QED) is 0.529. The zero-order chi connectivity index (χ0) is 12.7. The number of hydrogen-bond acceptors (Lipinski definition) is 4. The largest absolute Gasteiger partial charge is 0.396 e. The number of nitrogen functional groups attached to an aromatic ring is 1. The summed E-state index contributed by atoms with van der Waals surface area (Å²) in [6.07, 6.45) is 4.05. The van der Waals surface area contributed by atoms with Crippen LogP contribution in [0.4, 0.5) is 5.69 Å². The van der Waals surface area contributed by atoms with Crippen LogP contribution in [0.1, 0.15) is 16.9 Å². The SMILES string of the molecule is C=CCCOCCNC(=O)c1c(N)cnn1C. The topological polar surface area (TPSA) is 82.2 Å². The summed E-state index contributed by atoms with van der Waals surface area (Å²) in [5.41, 5.74) is 6.37. The van der Waals surface area contributed by atoms with Crippen molar-refractivity contribution in [1.29, 1.82) is 0 Å². The van der Waals surface area contributed by atoms with Gasteiger partial charge in [-0.05, 0) is 6.42 Å². The average molecular weight is 238 g/mol. The lowest BCUT2D eigenvalue weighted by Gasteiger charge is -2.06. The summed E-state index contributed by atoms with van der Waals surface area (Å²) in [7, 11) is 1.67. The van der Waals surface area contributed by atoms with Crippen molar-refractivity contribution in [2.24, 2.45) is 7.05 Å². The molecule has 3 N–H and O–H groups in total. The van der Waals surface area contributed by atoms with Gasteiger partial charge in [0.05, 0.1) is 25.1 Å². The molecule has 0 aliphatic heterocycles. The molecule has 0 aliphatic carbocycles. The number of ether oxygens (including phenoxy) is 1. The molecule has 0 radical (unpaired) electrons. The van der Waals surface area contributed by atoms with Crippen LogP contribution in [-0.4, -0.2) is 35.4 Å². The van der Waals surface area contributed by atoms with E-state index in [-0.39, 0.29) is 5.91 Å². The lowest BCUT2D eigenvalue weighted by molar-refractivity contribution is 0.0909. The van der Waals surface area contributed by atoms with E-state index >= 15 is 0 Å². The van der Waals surface area contributed by atoms with E-state index in [9.17, 15) is 4.79 Å². The molecule has 0 aliphatic rings. The summed E-state index contributed by atoms with van der Waals surface area (Å²) in [6, 6.07) is 0. The Morgan fingerprint density at radius 1 is 1.71 bits per heavy atom. The molecule has 94 valence electrons. The van der Waals surface area contributed by atoms with Crippen LogP contribution in [0.2, 0.25) is 0 Å². The maximum absolute atomic E-state index is 11.7. The summed E-state index contributed by atoms with van der Waals surface area (Å²) in [4.78, 5) is 11.7. The second kappa shape index (κ2) is 6.70. The minimum atomic E-state index is -0.241. The minimum absolute atomic E-state index is 0.241. The van der Waals surface area contributed by atoms with Gasteiger partial charge in [0, 0.05) is 13.6 Å². The first-order valence-electron chi connectivity index (χ1n) is 5.41. The van der Waals surface area contributed by atoms with Crippen molar-refractivity contribution in [3.63, 3.8) is 0 Å². The van der Waals surface area contributed by atoms with Crippen molar-refractivity contribution in [1.82, 2.24) is 15.1 Å². The van der Waals surface area contributed by atoms with E-state index in [2.05, 4.69) is 17.0 Å². The third-order valence-electron chi connectivity index (χ3n) is 2.18. The first-order chi connectivity index (χ1) is 8.16. The third-order valence-corrected chi connectivity index (χ3v) is 2.18. The Labute approximate surface area is 100 Å². The van der Waals surface area contributed by atoms with Gasteiger partial charge in [0.15, 0.2) is 0 Å². The lowest BCUT2D eigenvalue weighted by Crippen LogP contribution is -2.29. The predicted molar refractivity (Wildman–Crippen MR) is 65.6 cm³/mol. The third kappa shape index (κ3) is 3.92. The van der Waals surface area contributed by atoms with Crippen LogP contribution in [0.5, 0.6) is 0 Å². The van der Waals surface area contributed by atoms with E-state index in [0.29, 0.717) is 31.1 Å². The molecule has 17 heavy (non-hydrogen) atoms. The van der Waals surface area contributed by atoms with E-state index in [1.54, 1.807) is 13.1 Å². The Kier molecular flexibility index (Phi) is 5.22. The minimum Gasteiger partial charge on any atom is -0.396 e. The van der Waals surface area contributed by atoms with Gasteiger partial charge < -0.3 is 15.8 Å². The molecule has 0 unspecified atom stereocenters. The fourth-order valence-electron chi connectivity index (χ4n) is 1.32. The number of nitrogens with one attached hydrogen (secondary N) is 1. The molecular weight excluding hydrogens is 220 g/mol. The van der Waals surface area contributed by atoms with Crippen molar-refractivity contribution in [3.8, 4) is 0 Å². The number of anilines is 1. The summed E-state index contributed by atoms with van der Waals surface area (Å²) >= 11 is 0.